The van der Waals surface area contributed by atoms with E-state index in [0.29, 0.717) is 62.0 Å². The molecule has 4 heterocycles. The molecule has 4 aliphatic heterocycles. The van der Waals surface area contributed by atoms with E-state index in [1.165, 1.54) is 11.1 Å². The molecule has 18 heteroatoms. The lowest BCUT2D eigenvalue weighted by molar-refractivity contribution is -0.313. The van der Waals surface area contributed by atoms with Crippen LogP contribution >= 0.6 is 0 Å². The average Bonchev–Trinajstić information content (AvgIpc) is 0.968. The number of carbonyl (C=O) groups is 3. The van der Waals surface area contributed by atoms with Gasteiger partial charge in [-0.1, -0.05) is 96.2 Å². The first-order chi connectivity index (χ1) is 39.6. The molecule has 8 unspecified atom stereocenters. The minimum atomic E-state index is -1.51. The molecule has 10 rings (SSSR count). The van der Waals surface area contributed by atoms with Crippen LogP contribution in [0.4, 0.5) is 0 Å². The van der Waals surface area contributed by atoms with Crippen molar-refractivity contribution in [1.82, 2.24) is 0 Å². The number of ether oxygens (including phenoxy) is 5. The Morgan fingerprint density at radius 3 is 1.67 bits per heavy atom. The van der Waals surface area contributed by atoms with Gasteiger partial charge in [-0.3, -0.25) is 0 Å². The molecule has 0 aromatic rings. The molecule has 0 radical (unpaired) electrons. The summed E-state index contributed by atoms with van der Waals surface area (Å²) in [5, 5.41) is 102. The zero-order chi connectivity index (χ0) is 61.5. The molecular formula is C66H98O18. The Balaban J connectivity index is 0.000000168. The van der Waals surface area contributed by atoms with Gasteiger partial charge in [0, 0.05) is 27.7 Å². The van der Waals surface area contributed by atoms with Crippen molar-refractivity contribution >= 4 is 17.9 Å². The first-order valence-corrected chi connectivity index (χ1v) is 30.8. The molecule has 0 bridgehead atoms. The highest BCUT2D eigenvalue weighted by atomic mass is 16.7. The number of hydrogen-bond donors (Lipinski definition) is 10. The second-order valence-corrected chi connectivity index (χ2v) is 27.8. The average molecular weight is 1180 g/mol. The van der Waals surface area contributed by atoms with Crippen molar-refractivity contribution in [2.45, 2.75) is 193 Å². The maximum absolute atomic E-state index is 11.9. The lowest BCUT2D eigenvalue weighted by Gasteiger charge is -2.60. The van der Waals surface area contributed by atoms with Crippen LogP contribution in [-0.4, -0.2) is 170 Å². The molecule has 18 nitrogen and oxygen atoms in total. The Labute approximate surface area is 496 Å². The van der Waals surface area contributed by atoms with Gasteiger partial charge in [0.15, 0.2) is 6.29 Å². The van der Waals surface area contributed by atoms with E-state index in [9.17, 15) is 65.4 Å². The van der Waals surface area contributed by atoms with Gasteiger partial charge in [0.2, 0.25) is 0 Å². The summed E-state index contributed by atoms with van der Waals surface area (Å²) < 4.78 is 26.4. The minimum Gasteiger partial charge on any atom is -0.459 e. The highest BCUT2D eigenvalue weighted by Crippen LogP contribution is 2.65. The number of rotatable bonds is 13. The molecule has 6 saturated carbocycles. The van der Waals surface area contributed by atoms with E-state index in [1.54, 1.807) is 6.08 Å². The maximum Gasteiger partial charge on any atom is 0.338 e. The standard InChI is InChI=1S/C26H40O9.C20H30O5.C20H28O4/c1-14-4-7-18-25(2,16(14)6-5-15-9-11-33-23(15)32)10-8-19(28)26(18,3)13-34-24-22(31)21(30)20(29)17(12-27)35-24;1-12-4-7-16-19(2,9-8-17(23)20(16,3)11-21)14(12)6-5-13-15(22)10-25-18(13)24;1-13-4-7-16-19(2,10-8-17(22)20(16,3)12-21)15(13)6-5-14-9-11-24-18(14)23/h9,16-22,24,27-31H,1,4-8,10-13H2,2-3H3;5,14-17,21-23H,1,4,6-11H2,2-3H3;5-6,9,15-17,21-22H,1,4,7-8,10-12H2,2-3H3/b;13-5+;6-5+/t16-,17?,18?,19-,20?,21?,22?,24?,25+,26+;14-,15-,16?,17-,19+,20+;15-,16?,17-,19+,20+/m111/s1. The van der Waals surface area contributed by atoms with Gasteiger partial charge in [0.05, 0.1) is 55.9 Å². The molecule has 84 heavy (non-hydrogen) atoms. The molecule has 8 fully saturated rings. The highest BCUT2D eigenvalue weighted by Gasteiger charge is 2.61. The van der Waals surface area contributed by atoms with Gasteiger partial charge in [0.1, 0.15) is 50.3 Å². The number of aliphatic hydroxyl groups excluding tert-OH is 10. The maximum atomic E-state index is 11.9. The summed E-state index contributed by atoms with van der Waals surface area (Å²) in [4.78, 5) is 35.4. The summed E-state index contributed by atoms with van der Waals surface area (Å²) in [6.07, 6.45) is 12.0. The SMILES string of the molecule is C=C1CCC2[C@](C)(CO)[C@H](O)CC[C@@]2(C)[C@@H]1/C=C/C1=CCOC1=O.C=C1CCC2[C@](C)(CO)[C@H](O)CC[C@@]2(C)[C@@H]1C/C=C1/C(=O)OC[C@H]1O.C=C1CCC2[C@](C)(COC3OC(CO)C(O)C(O)C3O)[C@H](O)CC[C@@]2(C)[C@@H]1CCC1=CCOC1=O. The molecule has 6 aliphatic carbocycles. The summed E-state index contributed by atoms with van der Waals surface area (Å²) in [6.45, 7) is 25.9. The first-order valence-electron chi connectivity index (χ1n) is 30.8. The monoisotopic (exact) mass is 1180 g/mol. The number of fused-ring (bicyclic) bond motifs is 3. The number of cyclic esters (lactones) is 3. The van der Waals surface area contributed by atoms with E-state index < -0.39 is 83.9 Å². The fourth-order valence-corrected chi connectivity index (χ4v) is 17.8. The lowest BCUT2D eigenvalue weighted by Crippen LogP contribution is -2.61. The summed E-state index contributed by atoms with van der Waals surface area (Å²) in [6, 6.07) is 0. The van der Waals surface area contributed by atoms with Crippen LogP contribution in [0.1, 0.15) is 138 Å². The van der Waals surface area contributed by atoms with Crippen molar-refractivity contribution in [3.05, 3.63) is 83.6 Å². The molecule has 10 aliphatic rings. The highest BCUT2D eigenvalue weighted by molar-refractivity contribution is 5.93. The molecule has 0 amide bonds. The second-order valence-electron chi connectivity index (χ2n) is 27.8. The van der Waals surface area contributed by atoms with Crippen LogP contribution in [0.2, 0.25) is 0 Å². The zero-order valence-corrected chi connectivity index (χ0v) is 50.5. The van der Waals surface area contributed by atoms with Crippen LogP contribution in [0.15, 0.2) is 83.6 Å². The van der Waals surface area contributed by atoms with Crippen LogP contribution in [0.3, 0.4) is 0 Å². The molecule has 0 spiro atoms. The normalized spacial score (nSPS) is 45.2. The van der Waals surface area contributed by atoms with Gasteiger partial charge in [-0.2, -0.15) is 0 Å². The summed E-state index contributed by atoms with van der Waals surface area (Å²) >= 11 is 0. The van der Waals surface area contributed by atoms with Crippen LogP contribution in [-0.2, 0) is 38.1 Å². The van der Waals surface area contributed by atoms with E-state index in [2.05, 4.69) is 46.6 Å². The lowest BCUT2D eigenvalue weighted by atomic mass is 9.46. The molecule has 0 aromatic carbocycles. The van der Waals surface area contributed by atoms with E-state index in [1.807, 2.05) is 39.0 Å². The molecule has 10 N–H and O–H groups in total. The molecule has 2 saturated heterocycles. The minimum absolute atomic E-state index is 0.00515. The number of allylic oxidation sites excluding steroid dienone is 5. The topological polar surface area (TPSA) is 300 Å². The van der Waals surface area contributed by atoms with Gasteiger partial charge in [-0.05, 0) is 154 Å². The predicted octanol–water partition coefficient (Wildman–Crippen LogP) is 5.55. The molecule has 0 aromatic heterocycles. The van der Waals surface area contributed by atoms with Gasteiger partial charge in [-0.25, -0.2) is 14.4 Å². The van der Waals surface area contributed by atoms with E-state index in [4.69, 9.17) is 23.7 Å². The van der Waals surface area contributed by atoms with Gasteiger partial charge in [0.25, 0.3) is 0 Å². The van der Waals surface area contributed by atoms with Gasteiger partial charge < -0.3 is 74.7 Å². The number of aliphatic hydroxyl groups is 10. The van der Waals surface area contributed by atoms with E-state index >= 15 is 0 Å². The third-order valence-corrected chi connectivity index (χ3v) is 23.3. The van der Waals surface area contributed by atoms with Crippen molar-refractivity contribution in [2.24, 2.45) is 68.0 Å². The van der Waals surface area contributed by atoms with Crippen LogP contribution in [0, 0.1) is 68.0 Å². The molecule has 21 atom stereocenters. The third-order valence-electron chi connectivity index (χ3n) is 23.3. The fraction of sp³-hybridized carbons (Fsp3) is 0.742. The largest absolute Gasteiger partial charge is 0.459 e. The van der Waals surface area contributed by atoms with Crippen molar-refractivity contribution in [1.29, 1.82) is 0 Å². The molecular weight excluding hydrogens is 1080 g/mol. The molecule has 470 valence electrons. The quantitative estimate of drug-likeness (QED) is 0.0468. The Morgan fingerprint density at radius 2 is 1.13 bits per heavy atom. The summed E-state index contributed by atoms with van der Waals surface area (Å²) in [7, 11) is 0. The van der Waals surface area contributed by atoms with Crippen LogP contribution < -0.4 is 0 Å². The van der Waals surface area contributed by atoms with Crippen LogP contribution in [0.25, 0.3) is 0 Å². The first kappa shape index (κ1) is 66.1. The summed E-state index contributed by atoms with van der Waals surface area (Å²) in [5.41, 5.74) is 3.22. The number of esters is 3. The van der Waals surface area contributed by atoms with Crippen molar-refractivity contribution in [3.63, 3.8) is 0 Å². The van der Waals surface area contributed by atoms with Crippen molar-refractivity contribution < 1.29 is 89.1 Å². The van der Waals surface area contributed by atoms with Crippen molar-refractivity contribution in [2.75, 3.05) is 46.2 Å². The smallest absolute Gasteiger partial charge is 0.338 e. The Bertz CT molecular complexity index is 2590. The van der Waals surface area contributed by atoms with Gasteiger partial charge >= 0.3 is 17.9 Å². The summed E-state index contributed by atoms with van der Waals surface area (Å²) in [5.74, 6) is 0.0416. The zero-order valence-electron chi connectivity index (χ0n) is 50.5. The van der Waals surface area contributed by atoms with Gasteiger partial charge in [-0.15, -0.1) is 0 Å². The Kier molecular flexibility index (Phi) is 20.5. The third kappa shape index (κ3) is 12.2. The van der Waals surface area contributed by atoms with E-state index in [0.717, 1.165) is 69.8 Å². The fourth-order valence-electron chi connectivity index (χ4n) is 17.8. The van der Waals surface area contributed by atoms with Crippen molar-refractivity contribution in [3.8, 4) is 0 Å². The predicted molar refractivity (Wildman–Crippen MR) is 310 cm³/mol. The second kappa shape index (κ2) is 26.1. The van der Waals surface area contributed by atoms with Crippen LogP contribution in [0.5, 0.6) is 0 Å². The Hall–Kier alpha value is -3.89. The number of carbonyl (C=O) groups excluding carboxylic acids is 3. The Morgan fingerprint density at radius 1 is 0.607 bits per heavy atom. The number of hydrogen-bond acceptors (Lipinski definition) is 18. The van der Waals surface area contributed by atoms with E-state index in [-0.39, 0.29) is 90.1 Å².